The number of carbonyl (C=O) groups excluding carboxylic acids is 1. The van der Waals surface area contributed by atoms with Crippen molar-refractivity contribution in [1.82, 2.24) is 9.97 Å². The molecule has 0 atom stereocenters. The van der Waals surface area contributed by atoms with Crippen molar-refractivity contribution in [2.45, 2.75) is 24.9 Å². The number of hydrogen-bond donors (Lipinski definition) is 2. The van der Waals surface area contributed by atoms with E-state index in [1.54, 1.807) is 0 Å². The highest BCUT2D eigenvalue weighted by atomic mass is 32.2. The molecule has 2 aromatic heterocycles. The summed E-state index contributed by atoms with van der Waals surface area (Å²) < 4.78 is 0. The summed E-state index contributed by atoms with van der Waals surface area (Å²) in [6.07, 6.45) is 3.69. The number of aromatic nitrogens is 2. The second-order valence-corrected chi connectivity index (χ2v) is 5.57. The molecule has 2 aromatic rings. The molecule has 2 heterocycles. The zero-order chi connectivity index (χ0) is 13.3. The zero-order valence-corrected chi connectivity index (χ0v) is 11.8. The lowest BCUT2D eigenvalue weighted by molar-refractivity contribution is 0.100. The molecule has 0 spiro atoms. The summed E-state index contributed by atoms with van der Waals surface area (Å²) in [6, 6.07) is 0. The van der Waals surface area contributed by atoms with Crippen LogP contribution >= 0.6 is 23.1 Å². The molecule has 0 aliphatic heterocycles. The molecule has 18 heavy (non-hydrogen) atoms. The summed E-state index contributed by atoms with van der Waals surface area (Å²) in [5.41, 5.74) is 12.6. The topological polar surface area (TPSA) is 94.9 Å². The lowest BCUT2D eigenvalue weighted by Gasteiger charge is -2.03. The number of anilines is 1. The Labute approximate surface area is 113 Å². The van der Waals surface area contributed by atoms with Crippen LogP contribution in [0.25, 0.3) is 10.2 Å². The van der Waals surface area contributed by atoms with E-state index >= 15 is 0 Å². The minimum absolute atomic E-state index is 0.370. The van der Waals surface area contributed by atoms with Crippen LogP contribution in [0.4, 0.5) is 5.69 Å². The van der Waals surface area contributed by atoms with Gasteiger partial charge in [0.2, 0.25) is 0 Å². The fraction of sp³-hybridized carbons (Fsp3) is 0.364. The molecule has 0 aliphatic rings. The average Bonchev–Trinajstić information content (AvgIpc) is 2.67. The molecule has 0 fully saturated rings. The molecule has 7 heteroatoms. The molecule has 0 radical (unpaired) electrons. The van der Waals surface area contributed by atoms with E-state index in [4.69, 9.17) is 11.5 Å². The van der Waals surface area contributed by atoms with Gasteiger partial charge in [-0.15, -0.1) is 11.3 Å². The second-order valence-electron chi connectivity index (χ2n) is 3.80. The molecular formula is C11H14N4OS2. The number of amides is 1. The Kier molecular flexibility index (Phi) is 3.72. The summed E-state index contributed by atoms with van der Waals surface area (Å²) in [7, 11) is 0. The van der Waals surface area contributed by atoms with Gasteiger partial charge in [0, 0.05) is 0 Å². The van der Waals surface area contributed by atoms with E-state index in [2.05, 4.69) is 16.9 Å². The Hall–Kier alpha value is -1.34. The molecular weight excluding hydrogens is 268 g/mol. The van der Waals surface area contributed by atoms with Gasteiger partial charge in [0.25, 0.3) is 5.91 Å². The standard InChI is InChI=1S/C11H14N4OS2/c1-3-4-5-6-7(12)8(9(13)16)18-10(6)15-11(14-5)17-2/h3-4,12H2,1-2H3,(H2,13,16). The first-order valence-corrected chi connectivity index (χ1v) is 7.55. The molecule has 96 valence electrons. The van der Waals surface area contributed by atoms with Crippen LogP contribution in [0, 0.1) is 0 Å². The first-order valence-electron chi connectivity index (χ1n) is 5.51. The van der Waals surface area contributed by atoms with Gasteiger partial charge in [-0.1, -0.05) is 25.1 Å². The van der Waals surface area contributed by atoms with Gasteiger partial charge >= 0.3 is 0 Å². The molecule has 0 saturated heterocycles. The fourth-order valence-electron chi connectivity index (χ4n) is 1.76. The summed E-state index contributed by atoms with van der Waals surface area (Å²) in [5.74, 6) is -0.511. The fourth-order valence-corrected chi connectivity index (χ4v) is 3.17. The molecule has 0 saturated carbocycles. The Bertz CT molecular complexity index is 609. The maximum absolute atomic E-state index is 11.3. The molecule has 2 rings (SSSR count). The van der Waals surface area contributed by atoms with Gasteiger partial charge in [-0.2, -0.15) is 0 Å². The highest BCUT2D eigenvalue weighted by Gasteiger charge is 2.19. The Morgan fingerprint density at radius 1 is 1.44 bits per heavy atom. The van der Waals surface area contributed by atoms with E-state index in [-0.39, 0.29) is 0 Å². The van der Waals surface area contributed by atoms with Crippen molar-refractivity contribution in [2.24, 2.45) is 5.73 Å². The average molecular weight is 282 g/mol. The minimum atomic E-state index is -0.511. The minimum Gasteiger partial charge on any atom is -0.397 e. The van der Waals surface area contributed by atoms with Crippen LogP contribution in [0.15, 0.2) is 5.16 Å². The Morgan fingerprint density at radius 3 is 2.72 bits per heavy atom. The van der Waals surface area contributed by atoms with E-state index in [1.165, 1.54) is 23.1 Å². The first kappa shape index (κ1) is 13.1. The predicted molar refractivity (Wildman–Crippen MR) is 76.1 cm³/mol. The van der Waals surface area contributed by atoms with Gasteiger partial charge in [0.05, 0.1) is 16.8 Å². The number of nitrogen functional groups attached to an aromatic ring is 1. The van der Waals surface area contributed by atoms with Gasteiger partial charge in [-0.25, -0.2) is 9.97 Å². The van der Waals surface area contributed by atoms with Crippen LogP contribution in [0.5, 0.6) is 0 Å². The van der Waals surface area contributed by atoms with E-state index in [0.29, 0.717) is 15.7 Å². The van der Waals surface area contributed by atoms with Crippen LogP contribution in [0.1, 0.15) is 28.7 Å². The van der Waals surface area contributed by atoms with Crippen molar-refractivity contribution in [1.29, 1.82) is 0 Å². The number of thioether (sulfide) groups is 1. The molecule has 5 nitrogen and oxygen atoms in total. The third-order valence-electron chi connectivity index (χ3n) is 2.54. The maximum Gasteiger partial charge on any atom is 0.260 e. The number of fused-ring (bicyclic) bond motifs is 1. The van der Waals surface area contributed by atoms with Crippen LogP contribution in [0.2, 0.25) is 0 Å². The Morgan fingerprint density at radius 2 is 2.17 bits per heavy atom. The maximum atomic E-state index is 11.3. The van der Waals surface area contributed by atoms with Gasteiger partial charge in [-0.05, 0) is 12.7 Å². The quantitative estimate of drug-likeness (QED) is 0.661. The lowest BCUT2D eigenvalue weighted by atomic mass is 10.1. The SMILES string of the molecule is CCCc1nc(SC)nc2sc(C(N)=O)c(N)c12. The number of nitrogens with zero attached hydrogens (tertiary/aromatic N) is 2. The van der Waals surface area contributed by atoms with Crippen molar-refractivity contribution < 1.29 is 4.79 Å². The third kappa shape index (κ3) is 2.15. The molecule has 0 aliphatic carbocycles. The molecule has 4 N–H and O–H groups in total. The molecule has 0 bridgehead atoms. The Balaban J connectivity index is 2.75. The number of hydrogen-bond acceptors (Lipinski definition) is 6. The number of aryl methyl sites for hydroxylation is 1. The number of primary amides is 1. The van der Waals surface area contributed by atoms with E-state index in [9.17, 15) is 4.79 Å². The monoisotopic (exact) mass is 282 g/mol. The van der Waals surface area contributed by atoms with Gasteiger partial charge in [0.1, 0.15) is 9.71 Å². The molecule has 1 amide bonds. The van der Waals surface area contributed by atoms with Crippen molar-refractivity contribution in [3.8, 4) is 0 Å². The van der Waals surface area contributed by atoms with Crippen LogP contribution < -0.4 is 11.5 Å². The highest BCUT2D eigenvalue weighted by Crippen LogP contribution is 2.35. The van der Waals surface area contributed by atoms with Gasteiger partial charge in [-0.3, -0.25) is 4.79 Å². The largest absolute Gasteiger partial charge is 0.397 e. The van der Waals surface area contributed by atoms with E-state index in [0.717, 1.165) is 28.8 Å². The zero-order valence-electron chi connectivity index (χ0n) is 10.2. The summed E-state index contributed by atoms with van der Waals surface area (Å²) in [6.45, 7) is 2.07. The number of rotatable bonds is 4. The summed E-state index contributed by atoms with van der Waals surface area (Å²) in [4.78, 5) is 21.3. The molecule has 0 unspecified atom stereocenters. The summed E-state index contributed by atoms with van der Waals surface area (Å²) >= 11 is 2.71. The third-order valence-corrected chi connectivity index (χ3v) is 4.20. The first-order chi connectivity index (χ1) is 8.58. The van der Waals surface area contributed by atoms with Crippen LogP contribution in [-0.2, 0) is 6.42 Å². The second kappa shape index (κ2) is 5.11. The number of nitrogens with two attached hydrogens (primary N) is 2. The predicted octanol–water partition coefficient (Wildman–Crippen LogP) is 2.05. The van der Waals surface area contributed by atoms with Gasteiger partial charge < -0.3 is 11.5 Å². The van der Waals surface area contributed by atoms with Gasteiger partial charge in [0.15, 0.2) is 5.16 Å². The van der Waals surface area contributed by atoms with Crippen LogP contribution in [-0.4, -0.2) is 22.1 Å². The van der Waals surface area contributed by atoms with Crippen molar-refractivity contribution in [3.05, 3.63) is 10.6 Å². The normalized spacial score (nSPS) is 11.0. The lowest BCUT2D eigenvalue weighted by Crippen LogP contribution is -2.10. The van der Waals surface area contributed by atoms with E-state index in [1.807, 2.05) is 6.26 Å². The molecule has 0 aromatic carbocycles. The number of thiophene rings is 1. The van der Waals surface area contributed by atoms with Crippen LogP contribution in [0.3, 0.4) is 0 Å². The van der Waals surface area contributed by atoms with E-state index < -0.39 is 5.91 Å². The van der Waals surface area contributed by atoms with Crippen molar-refractivity contribution >= 4 is 44.9 Å². The summed E-state index contributed by atoms with van der Waals surface area (Å²) in [5, 5.41) is 1.48. The smallest absolute Gasteiger partial charge is 0.260 e. The highest BCUT2D eigenvalue weighted by molar-refractivity contribution is 7.98. The number of carbonyl (C=O) groups is 1. The van der Waals surface area contributed by atoms with Crippen molar-refractivity contribution in [2.75, 3.05) is 12.0 Å². The van der Waals surface area contributed by atoms with Crippen molar-refractivity contribution in [3.63, 3.8) is 0 Å².